The monoisotopic (exact) mass is 381 g/mol. The molecular formula is C21H24FN5O. The second-order valence-corrected chi connectivity index (χ2v) is 7.16. The van der Waals surface area contributed by atoms with Crippen LogP contribution in [0, 0.1) is 12.7 Å². The number of aryl methyl sites for hydroxylation is 1. The molecule has 1 aromatic carbocycles. The van der Waals surface area contributed by atoms with Crippen LogP contribution < -0.4 is 10.2 Å². The van der Waals surface area contributed by atoms with Gasteiger partial charge in [0.15, 0.2) is 0 Å². The second-order valence-electron chi connectivity index (χ2n) is 7.16. The molecule has 0 aliphatic carbocycles. The van der Waals surface area contributed by atoms with E-state index >= 15 is 0 Å². The number of aromatic nitrogens is 2. The van der Waals surface area contributed by atoms with Crippen LogP contribution in [0.3, 0.4) is 0 Å². The Balaban J connectivity index is 1.24. The predicted octanol–water partition coefficient (Wildman–Crippen LogP) is 2.33. The summed E-state index contributed by atoms with van der Waals surface area (Å²) in [6, 6.07) is 10.6. The zero-order valence-electron chi connectivity index (χ0n) is 15.9. The van der Waals surface area contributed by atoms with Crippen molar-refractivity contribution in [2.75, 3.05) is 44.2 Å². The molecule has 6 nitrogen and oxygen atoms in total. The molecule has 1 saturated heterocycles. The van der Waals surface area contributed by atoms with Gasteiger partial charge in [0.05, 0.1) is 0 Å². The number of nitrogens with zero attached hydrogens (tertiary/aromatic N) is 4. The van der Waals surface area contributed by atoms with Crippen LogP contribution in [0.1, 0.15) is 16.1 Å². The van der Waals surface area contributed by atoms with Crippen molar-refractivity contribution >= 4 is 17.2 Å². The first-order valence-corrected chi connectivity index (χ1v) is 9.55. The van der Waals surface area contributed by atoms with E-state index < -0.39 is 0 Å². The molecule has 1 amide bonds. The maximum Gasteiger partial charge on any atom is 0.271 e. The first kappa shape index (κ1) is 18.4. The van der Waals surface area contributed by atoms with Gasteiger partial charge < -0.3 is 14.6 Å². The van der Waals surface area contributed by atoms with Crippen molar-refractivity contribution < 1.29 is 9.18 Å². The number of amides is 1. The van der Waals surface area contributed by atoms with Crippen molar-refractivity contribution in [1.82, 2.24) is 19.6 Å². The van der Waals surface area contributed by atoms with Crippen molar-refractivity contribution in [2.45, 2.75) is 6.92 Å². The molecule has 7 heteroatoms. The van der Waals surface area contributed by atoms with Gasteiger partial charge in [-0.05, 0) is 48.9 Å². The molecule has 3 aromatic rings. The molecule has 0 unspecified atom stereocenters. The molecule has 0 radical (unpaired) electrons. The number of hydrogen-bond acceptors (Lipinski definition) is 4. The van der Waals surface area contributed by atoms with Crippen LogP contribution in [0.2, 0.25) is 0 Å². The number of hydrogen-bond donors (Lipinski definition) is 1. The largest absolute Gasteiger partial charge is 0.369 e. The molecule has 0 atom stereocenters. The van der Waals surface area contributed by atoms with E-state index in [1.54, 1.807) is 6.20 Å². The number of fused-ring (bicyclic) bond motifs is 1. The first-order chi connectivity index (χ1) is 13.6. The van der Waals surface area contributed by atoms with Gasteiger partial charge in [0.1, 0.15) is 17.2 Å². The highest BCUT2D eigenvalue weighted by Gasteiger charge is 2.17. The smallest absolute Gasteiger partial charge is 0.271 e. The highest BCUT2D eigenvalue weighted by atomic mass is 19.1. The van der Waals surface area contributed by atoms with Crippen LogP contribution in [-0.4, -0.2) is 59.5 Å². The maximum absolute atomic E-state index is 13.1. The van der Waals surface area contributed by atoms with Crippen LogP contribution in [0.4, 0.5) is 10.1 Å². The lowest BCUT2D eigenvalue weighted by Crippen LogP contribution is -2.48. The topological polar surface area (TPSA) is 52.9 Å². The number of benzene rings is 1. The normalized spacial score (nSPS) is 15.1. The molecule has 146 valence electrons. The number of imidazole rings is 1. The van der Waals surface area contributed by atoms with E-state index in [4.69, 9.17) is 0 Å². The van der Waals surface area contributed by atoms with E-state index in [2.05, 4.69) is 20.1 Å². The average Bonchev–Trinajstić information content (AvgIpc) is 3.12. The standard InChI is InChI=1S/C21H24FN5O/c1-16-6-8-27-15-19(24-20(27)14-16)21(28)23-7-9-25-10-12-26(13-11-25)18-4-2-17(22)3-5-18/h2-6,8,14-15H,7,9-13H2,1H3,(H,23,28). The summed E-state index contributed by atoms with van der Waals surface area (Å²) in [4.78, 5) is 21.3. The van der Waals surface area contributed by atoms with Gasteiger partial charge in [0.25, 0.3) is 5.91 Å². The van der Waals surface area contributed by atoms with E-state index in [-0.39, 0.29) is 11.7 Å². The third-order valence-corrected chi connectivity index (χ3v) is 5.13. The number of carbonyl (C=O) groups is 1. The summed E-state index contributed by atoms with van der Waals surface area (Å²) in [5.74, 6) is -0.356. The minimum atomic E-state index is -0.209. The van der Waals surface area contributed by atoms with Gasteiger partial charge in [-0.2, -0.15) is 0 Å². The van der Waals surface area contributed by atoms with Crippen LogP contribution in [0.15, 0.2) is 48.8 Å². The number of pyridine rings is 1. The van der Waals surface area contributed by atoms with Gasteiger partial charge in [0, 0.05) is 57.3 Å². The molecule has 2 aromatic heterocycles. The first-order valence-electron chi connectivity index (χ1n) is 9.55. The highest BCUT2D eigenvalue weighted by Crippen LogP contribution is 2.16. The number of nitrogens with one attached hydrogen (secondary N) is 1. The number of piperazine rings is 1. The summed E-state index contributed by atoms with van der Waals surface area (Å²) in [5.41, 5.74) is 3.38. The number of carbonyl (C=O) groups excluding carboxylic acids is 1. The van der Waals surface area contributed by atoms with Gasteiger partial charge in [-0.1, -0.05) is 0 Å². The molecule has 3 heterocycles. The Morgan fingerprint density at radius 2 is 1.89 bits per heavy atom. The molecule has 1 aliphatic heterocycles. The SMILES string of the molecule is Cc1ccn2cc(C(=O)NCCN3CCN(c4ccc(F)cc4)CC3)nc2c1. The Morgan fingerprint density at radius 3 is 2.64 bits per heavy atom. The van der Waals surface area contributed by atoms with Crippen LogP contribution in [0.5, 0.6) is 0 Å². The lowest BCUT2D eigenvalue weighted by molar-refractivity contribution is 0.0943. The van der Waals surface area contributed by atoms with E-state index in [1.165, 1.54) is 12.1 Å². The minimum absolute atomic E-state index is 0.147. The van der Waals surface area contributed by atoms with Crippen molar-refractivity contribution in [3.05, 3.63) is 65.9 Å². The Hall–Kier alpha value is -2.93. The van der Waals surface area contributed by atoms with Crippen LogP contribution in [-0.2, 0) is 0 Å². The van der Waals surface area contributed by atoms with Crippen molar-refractivity contribution in [1.29, 1.82) is 0 Å². The minimum Gasteiger partial charge on any atom is -0.369 e. The van der Waals surface area contributed by atoms with Crippen molar-refractivity contribution in [2.24, 2.45) is 0 Å². The number of halogens is 1. The second kappa shape index (κ2) is 7.98. The van der Waals surface area contributed by atoms with Gasteiger partial charge in [-0.25, -0.2) is 9.37 Å². The molecule has 28 heavy (non-hydrogen) atoms. The summed E-state index contributed by atoms with van der Waals surface area (Å²) >= 11 is 0. The molecule has 0 saturated carbocycles. The Morgan fingerprint density at radius 1 is 1.14 bits per heavy atom. The fourth-order valence-corrected chi connectivity index (χ4v) is 3.49. The number of anilines is 1. The molecule has 4 rings (SSSR count). The van der Waals surface area contributed by atoms with Crippen LogP contribution >= 0.6 is 0 Å². The third kappa shape index (κ3) is 4.14. The predicted molar refractivity (Wildman–Crippen MR) is 107 cm³/mol. The molecular weight excluding hydrogens is 357 g/mol. The molecule has 1 fully saturated rings. The third-order valence-electron chi connectivity index (χ3n) is 5.13. The van der Waals surface area contributed by atoms with Crippen LogP contribution in [0.25, 0.3) is 5.65 Å². The zero-order valence-corrected chi connectivity index (χ0v) is 15.9. The molecule has 0 spiro atoms. The summed E-state index contributed by atoms with van der Waals surface area (Å²) in [6.45, 7) is 7.01. The fourth-order valence-electron chi connectivity index (χ4n) is 3.49. The molecule has 1 N–H and O–H groups in total. The summed E-state index contributed by atoms with van der Waals surface area (Å²) < 4.78 is 14.9. The number of rotatable bonds is 5. The quantitative estimate of drug-likeness (QED) is 0.737. The van der Waals surface area contributed by atoms with Gasteiger partial charge in [-0.3, -0.25) is 9.69 Å². The zero-order chi connectivity index (χ0) is 19.5. The summed E-state index contributed by atoms with van der Waals surface area (Å²) in [7, 11) is 0. The molecule has 1 aliphatic rings. The maximum atomic E-state index is 13.1. The van der Waals surface area contributed by atoms with E-state index in [0.29, 0.717) is 12.2 Å². The lowest BCUT2D eigenvalue weighted by atomic mass is 10.2. The van der Waals surface area contributed by atoms with Gasteiger partial charge in [-0.15, -0.1) is 0 Å². The fraction of sp³-hybridized carbons (Fsp3) is 0.333. The van der Waals surface area contributed by atoms with E-state index in [1.807, 2.05) is 41.8 Å². The lowest BCUT2D eigenvalue weighted by Gasteiger charge is -2.36. The highest BCUT2D eigenvalue weighted by molar-refractivity contribution is 5.92. The van der Waals surface area contributed by atoms with Crippen molar-refractivity contribution in [3.8, 4) is 0 Å². The van der Waals surface area contributed by atoms with E-state index in [0.717, 1.165) is 49.6 Å². The van der Waals surface area contributed by atoms with Gasteiger partial charge in [0.2, 0.25) is 0 Å². The Labute approximate surface area is 163 Å². The Kier molecular flexibility index (Phi) is 5.25. The molecule has 0 bridgehead atoms. The average molecular weight is 381 g/mol. The summed E-state index contributed by atoms with van der Waals surface area (Å²) in [5, 5.41) is 2.96. The van der Waals surface area contributed by atoms with Crippen molar-refractivity contribution in [3.63, 3.8) is 0 Å². The van der Waals surface area contributed by atoms with E-state index in [9.17, 15) is 9.18 Å². The Bertz CT molecular complexity index is 961. The summed E-state index contributed by atoms with van der Waals surface area (Å²) in [6.07, 6.45) is 3.67. The van der Waals surface area contributed by atoms with Gasteiger partial charge >= 0.3 is 0 Å².